The molecule has 16 heavy (non-hydrogen) atoms. The molecular formula is C14H30N2. The van der Waals surface area contributed by atoms with Gasteiger partial charge >= 0.3 is 0 Å². The lowest BCUT2D eigenvalue weighted by Gasteiger charge is -2.26. The molecule has 0 aliphatic heterocycles. The molecule has 0 aromatic rings. The van der Waals surface area contributed by atoms with Gasteiger partial charge in [-0.1, -0.05) is 33.1 Å². The van der Waals surface area contributed by atoms with Crippen LogP contribution in [-0.4, -0.2) is 37.1 Å². The van der Waals surface area contributed by atoms with Crippen molar-refractivity contribution in [3.63, 3.8) is 0 Å². The van der Waals surface area contributed by atoms with Crippen molar-refractivity contribution in [3.05, 3.63) is 0 Å². The van der Waals surface area contributed by atoms with Gasteiger partial charge < -0.3 is 10.2 Å². The fourth-order valence-corrected chi connectivity index (χ4v) is 2.70. The molecule has 2 heteroatoms. The summed E-state index contributed by atoms with van der Waals surface area (Å²) in [7, 11) is 0. The van der Waals surface area contributed by atoms with E-state index in [0.29, 0.717) is 0 Å². The molecule has 1 fully saturated rings. The van der Waals surface area contributed by atoms with Crippen LogP contribution >= 0.6 is 0 Å². The Balaban J connectivity index is 2.06. The minimum atomic E-state index is 0.818. The molecule has 0 unspecified atom stereocenters. The first-order chi connectivity index (χ1) is 7.86. The lowest BCUT2D eigenvalue weighted by atomic mass is 9.95. The van der Waals surface area contributed by atoms with Gasteiger partial charge in [-0.3, -0.25) is 0 Å². The number of hydrogen-bond donors (Lipinski definition) is 1. The van der Waals surface area contributed by atoms with Crippen molar-refractivity contribution in [2.45, 2.75) is 64.8 Å². The zero-order valence-electron chi connectivity index (χ0n) is 11.3. The Morgan fingerprint density at radius 1 is 0.938 bits per heavy atom. The summed E-state index contributed by atoms with van der Waals surface area (Å²) in [5.41, 5.74) is 0. The average Bonchev–Trinajstić information content (AvgIpc) is 2.31. The van der Waals surface area contributed by atoms with Gasteiger partial charge in [0.2, 0.25) is 0 Å². The second-order valence-electron chi connectivity index (χ2n) is 5.13. The monoisotopic (exact) mass is 226 g/mol. The number of hydrogen-bond acceptors (Lipinski definition) is 2. The minimum absolute atomic E-state index is 0.818. The number of rotatable bonds is 8. The molecule has 0 saturated heterocycles. The first-order valence-corrected chi connectivity index (χ1v) is 7.32. The molecule has 2 nitrogen and oxygen atoms in total. The molecule has 96 valence electrons. The van der Waals surface area contributed by atoms with Crippen molar-refractivity contribution in [2.24, 2.45) is 0 Å². The number of nitrogens with one attached hydrogen (secondary N) is 1. The smallest absolute Gasteiger partial charge is 0.0107 e. The van der Waals surface area contributed by atoms with Crippen LogP contribution in [-0.2, 0) is 0 Å². The quantitative estimate of drug-likeness (QED) is 0.684. The van der Waals surface area contributed by atoms with E-state index in [1.165, 1.54) is 71.1 Å². The van der Waals surface area contributed by atoms with Crippen LogP contribution < -0.4 is 5.32 Å². The first kappa shape index (κ1) is 14.0. The second-order valence-corrected chi connectivity index (χ2v) is 5.13. The SMILES string of the molecule is CCCN(CCC)CCNC1CCCCC1. The maximum absolute atomic E-state index is 3.73. The third kappa shape index (κ3) is 5.86. The van der Waals surface area contributed by atoms with Gasteiger partial charge in [0.1, 0.15) is 0 Å². The molecule has 0 bridgehead atoms. The van der Waals surface area contributed by atoms with E-state index >= 15 is 0 Å². The molecule has 1 N–H and O–H groups in total. The van der Waals surface area contributed by atoms with E-state index in [1.807, 2.05) is 0 Å². The van der Waals surface area contributed by atoms with E-state index in [0.717, 1.165) is 6.04 Å². The fraction of sp³-hybridized carbons (Fsp3) is 1.00. The van der Waals surface area contributed by atoms with Gasteiger partial charge in [0.25, 0.3) is 0 Å². The molecule has 0 amide bonds. The summed E-state index contributed by atoms with van der Waals surface area (Å²) in [6.07, 6.45) is 9.70. The molecule has 0 atom stereocenters. The van der Waals surface area contributed by atoms with Crippen molar-refractivity contribution in [1.29, 1.82) is 0 Å². The van der Waals surface area contributed by atoms with Crippen LogP contribution in [0.15, 0.2) is 0 Å². The summed E-state index contributed by atoms with van der Waals surface area (Å²) in [5.74, 6) is 0. The van der Waals surface area contributed by atoms with Crippen LogP contribution in [0, 0.1) is 0 Å². The van der Waals surface area contributed by atoms with Gasteiger partial charge in [-0.15, -0.1) is 0 Å². The van der Waals surface area contributed by atoms with Crippen molar-refractivity contribution >= 4 is 0 Å². The largest absolute Gasteiger partial charge is 0.313 e. The molecule has 0 heterocycles. The molecule has 0 aromatic heterocycles. The van der Waals surface area contributed by atoms with Crippen LogP contribution in [0.4, 0.5) is 0 Å². The summed E-state index contributed by atoms with van der Waals surface area (Å²) < 4.78 is 0. The highest BCUT2D eigenvalue weighted by atomic mass is 15.1. The van der Waals surface area contributed by atoms with Crippen molar-refractivity contribution in [1.82, 2.24) is 10.2 Å². The van der Waals surface area contributed by atoms with E-state index in [9.17, 15) is 0 Å². The van der Waals surface area contributed by atoms with Gasteiger partial charge in [-0.2, -0.15) is 0 Å². The summed E-state index contributed by atoms with van der Waals surface area (Å²) in [6, 6.07) is 0.818. The second kappa shape index (κ2) is 9.00. The van der Waals surface area contributed by atoms with E-state index in [-0.39, 0.29) is 0 Å². The highest BCUT2D eigenvalue weighted by molar-refractivity contribution is 4.72. The normalized spacial score (nSPS) is 18.2. The van der Waals surface area contributed by atoms with E-state index in [2.05, 4.69) is 24.1 Å². The lowest BCUT2D eigenvalue weighted by Crippen LogP contribution is -2.38. The van der Waals surface area contributed by atoms with E-state index < -0.39 is 0 Å². The Labute approximate surface area is 102 Å². The Hall–Kier alpha value is -0.0800. The van der Waals surface area contributed by atoms with Crippen LogP contribution in [0.1, 0.15) is 58.8 Å². The highest BCUT2D eigenvalue weighted by Crippen LogP contribution is 2.16. The van der Waals surface area contributed by atoms with Crippen molar-refractivity contribution in [3.8, 4) is 0 Å². The van der Waals surface area contributed by atoms with E-state index in [4.69, 9.17) is 0 Å². The molecule has 1 aliphatic carbocycles. The minimum Gasteiger partial charge on any atom is -0.313 e. The molecule has 1 rings (SSSR count). The highest BCUT2D eigenvalue weighted by Gasteiger charge is 2.12. The predicted octanol–water partition coefficient (Wildman–Crippen LogP) is 3.03. The van der Waals surface area contributed by atoms with Gasteiger partial charge in [-0.25, -0.2) is 0 Å². The molecule has 0 radical (unpaired) electrons. The fourth-order valence-electron chi connectivity index (χ4n) is 2.70. The Bertz CT molecular complexity index is 147. The standard InChI is InChI=1S/C14H30N2/c1-3-11-16(12-4-2)13-10-15-14-8-6-5-7-9-14/h14-15H,3-13H2,1-2H3. The predicted molar refractivity (Wildman–Crippen MR) is 71.9 cm³/mol. The molecule has 0 spiro atoms. The third-order valence-corrected chi connectivity index (χ3v) is 3.55. The summed E-state index contributed by atoms with van der Waals surface area (Å²) in [6.45, 7) is 9.50. The van der Waals surface area contributed by atoms with Gasteiger partial charge in [-0.05, 0) is 38.8 Å². The molecule has 0 aromatic carbocycles. The zero-order chi connectivity index (χ0) is 11.6. The Morgan fingerprint density at radius 3 is 2.12 bits per heavy atom. The zero-order valence-corrected chi connectivity index (χ0v) is 11.3. The maximum Gasteiger partial charge on any atom is 0.0107 e. The summed E-state index contributed by atoms with van der Waals surface area (Å²) in [5, 5.41) is 3.73. The number of nitrogens with zero attached hydrogens (tertiary/aromatic N) is 1. The van der Waals surface area contributed by atoms with Gasteiger partial charge in [0, 0.05) is 19.1 Å². The topological polar surface area (TPSA) is 15.3 Å². The maximum atomic E-state index is 3.73. The van der Waals surface area contributed by atoms with Crippen LogP contribution in [0.3, 0.4) is 0 Å². The Morgan fingerprint density at radius 2 is 1.56 bits per heavy atom. The molecule has 1 aliphatic rings. The Kier molecular flexibility index (Phi) is 7.87. The summed E-state index contributed by atoms with van der Waals surface area (Å²) in [4.78, 5) is 2.59. The summed E-state index contributed by atoms with van der Waals surface area (Å²) >= 11 is 0. The van der Waals surface area contributed by atoms with E-state index in [1.54, 1.807) is 0 Å². The van der Waals surface area contributed by atoms with Crippen molar-refractivity contribution in [2.75, 3.05) is 26.2 Å². The molecule has 1 saturated carbocycles. The van der Waals surface area contributed by atoms with Crippen LogP contribution in [0.5, 0.6) is 0 Å². The van der Waals surface area contributed by atoms with Gasteiger partial charge in [0.15, 0.2) is 0 Å². The first-order valence-electron chi connectivity index (χ1n) is 7.32. The third-order valence-electron chi connectivity index (χ3n) is 3.55. The molecular weight excluding hydrogens is 196 g/mol. The van der Waals surface area contributed by atoms with Crippen molar-refractivity contribution < 1.29 is 0 Å². The van der Waals surface area contributed by atoms with Crippen LogP contribution in [0.2, 0.25) is 0 Å². The average molecular weight is 226 g/mol. The van der Waals surface area contributed by atoms with Gasteiger partial charge in [0.05, 0.1) is 0 Å². The lowest BCUT2D eigenvalue weighted by molar-refractivity contribution is 0.262. The van der Waals surface area contributed by atoms with Crippen LogP contribution in [0.25, 0.3) is 0 Å².